The van der Waals surface area contributed by atoms with Crippen molar-refractivity contribution in [3.05, 3.63) is 41.7 Å². The second-order valence-electron chi connectivity index (χ2n) is 5.95. The van der Waals surface area contributed by atoms with Crippen molar-refractivity contribution in [2.24, 2.45) is 0 Å². The maximum Gasteiger partial charge on any atom is 0.253 e. The number of carbonyl (C=O) groups is 1. The lowest BCUT2D eigenvalue weighted by molar-refractivity contribution is 0.0930. The van der Waals surface area contributed by atoms with Crippen molar-refractivity contribution >= 4 is 11.4 Å². The summed E-state index contributed by atoms with van der Waals surface area (Å²) in [7, 11) is 0. The molecule has 3 atom stereocenters. The molecule has 21 heavy (non-hydrogen) atoms. The van der Waals surface area contributed by atoms with Crippen LogP contribution >= 0.6 is 0 Å². The number of aromatic nitrogens is 1. The van der Waals surface area contributed by atoms with E-state index in [4.69, 9.17) is 5.26 Å². The van der Waals surface area contributed by atoms with Crippen LogP contribution in [0.1, 0.15) is 35.2 Å². The SMILES string of the molecule is N#Cc1cc2ccc(C(=O)N[C@@H]3C[C@H]4CC[C@@H]3N4)cn2c1. The maximum absolute atomic E-state index is 12.4. The quantitative estimate of drug-likeness (QED) is 0.874. The van der Waals surface area contributed by atoms with Crippen LogP contribution in [0.3, 0.4) is 0 Å². The van der Waals surface area contributed by atoms with Gasteiger partial charge in [-0.05, 0) is 37.5 Å². The predicted molar refractivity (Wildman–Crippen MR) is 77.9 cm³/mol. The van der Waals surface area contributed by atoms with Gasteiger partial charge in [0.1, 0.15) is 6.07 Å². The molecule has 4 heterocycles. The number of hydrogen-bond donors (Lipinski definition) is 2. The summed E-state index contributed by atoms with van der Waals surface area (Å²) in [4.78, 5) is 12.4. The number of nitriles is 1. The molecule has 2 aliphatic heterocycles. The summed E-state index contributed by atoms with van der Waals surface area (Å²) in [5, 5.41) is 15.6. The largest absolute Gasteiger partial charge is 0.348 e. The molecular formula is C16H16N4O. The Morgan fingerprint density at radius 1 is 1.38 bits per heavy atom. The monoisotopic (exact) mass is 280 g/mol. The number of amides is 1. The van der Waals surface area contributed by atoms with Crippen LogP contribution in [0.4, 0.5) is 0 Å². The smallest absolute Gasteiger partial charge is 0.253 e. The van der Waals surface area contributed by atoms with E-state index in [0.717, 1.165) is 18.4 Å². The fourth-order valence-electron chi connectivity index (χ4n) is 3.54. The molecule has 2 N–H and O–H groups in total. The zero-order valence-electron chi connectivity index (χ0n) is 11.5. The minimum Gasteiger partial charge on any atom is -0.348 e. The van der Waals surface area contributed by atoms with Crippen LogP contribution in [0.25, 0.3) is 5.52 Å². The molecule has 2 bridgehead atoms. The van der Waals surface area contributed by atoms with E-state index in [2.05, 4.69) is 16.7 Å². The van der Waals surface area contributed by atoms with Crippen LogP contribution in [-0.4, -0.2) is 28.4 Å². The number of pyridine rings is 1. The summed E-state index contributed by atoms with van der Waals surface area (Å²) in [6, 6.07) is 8.85. The maximum atomic E-state index is 12.4. The van der Waals surface area contributed by atoms with E-state index in [1.165, 1.54) is 6.42 Å². The normalized spacial score (nSPS) is 26.9. The molecule has 106 valence electrons. The van der Waals surface area contributed by atoms with Crippen LogP contribution in [0, 0.1) is 11.3 Å². The van der Waals surface area contributed by atoms with Gasteiger partial charge in [0.15, 0.2) is 0 Å². The highest BCUT2D eigenvalue weighted by Crippen LogP contribution is 2.28. The van der Waals surface area contributed by atoms with Gasteiger partial charge in [0.05, 0.1) is 11.1 Å². The van der Waals surface area contributed by atoms with Gasteiger partial charge in [0, 0.05) is 36.0 Å². The van der Waals surface area contributed by atoms with E-state index in [1.54, 1.807) is 12.4 Å². The van der Waals surface area contributed by atoms with E-state index >= 15 is 0 Å². The molecule has 0 aromatic carbocycles. The fourth-order valence-corrected chi connectivity index (χ4v) is 3.54. The molecule has 0 radical (unpaired) electrons. The van der Waals surface area contributed by atoms with Gasteiger partial charge in [-0.2, -0.15) is 5.26 Å². The molecule has 2 aliphatic rings. The van der Waals surface area contributed by atoms with Gasteiger partial charge in [0.2, 0.25) is 0 Å². The van der Waals surface area contributed by atoms with Crippen LogP contribution in [0.15, 0.2) is 30.6 Å². The summed E-state index contributed by atoms with van der Waals surface area (Å²) in [5.74, 6) is -0.0385. The van der Waals surface area contributed by atoms with Gasteiger partial charge < -0.3 is 15.0 Å². The highest BCUT2D eigenvalue weighted by atomic mass is 16.1. The lowest BCUT2D eigenvalue weighted by atomic mass is 9.95. The third kappa shape index (κ3) is 2.08. The summed E-state index contributed by atoms with van der Waals surface area (Å²) >= 11 is 0. The Hall–Kier alpha value is -2.32. The third-order valence-electron chi connectivity index (χ3n) is 4.60. The van der Waals surface area contributed by atoms with Gasteiger partial charge in [-0.15, -0.1) is 0 Å². The average molecular weight is 280 g/mol. The Morgan fingerprint density at radius 3 is 3.00 bits per heavy atom. The molecule has 0 saturated carbocycles. The van der Waals surface area contributed by atoms with Crippen molar-refractivity contribution < 1.29 is 4.79 Å². The van der Waals surface area contributed by atoms with Gasteiger partial charge in [0.25, 0.3) is 5.91 Å². The van der Waals surface area contributed by atoms with Crippen molar-refractivity contribution in [1.82, 2.24) is 15.0 Å². The first-order chi connectivity index (χ1) is 10.2. The summed E-state index contributed by atoms with van der Waals surface area (Å²) in [5.41, 5.74) is 2.15. The first-order valence-electron chi connectivity index (χ1n) is 7.32. The van der Waals surface area contributed by atoms with Gasteiger partial charge in [-0.1, -0.05) is 0 Å². The lowest BCUT2D eigenvalue weighted by Crippen LogP contribution is -2.42. The van der Waals surface area contributed by atoms with Gasteiger partial charge in [-0.3, -0.25) is 4.79 Å². The standard InChI is InChI=1S/C16H16N4O/c17-7-10-5-13-3-1-11(9-20(13)8-10)16(21)19-15-6-12-2-4-14(15)18-12/h1,3,5,8-9,12,14-15,18H,2,4,6H2,(H,19,21)/t12-,14+,15-/m1/s1. The Balaban J connectivity index is 1.55. The lowest BCUT2D eigenvalue weighted by Gasteiger charge is -2.21. The Labute approximate surface area is 122 Å². The molecule has 5 heteroatoms. The fraction of sp³-hybridized carbons (Fsp3) is 0.375. The summed E-state index contributed by atoms with van der Waals surface area (Å²) < 4.78 is 1.83. The number of rotatable bonds is 2. The number of nitrogens with zero attached hydrogens (tertiary/aromatic N) is 2. The van der Waals surface area contributed by atoms with Crippen molar-refractivity contribution in [3.63, 3.8) is 0 Å². The Morgan fingerprint density at radius 2 is 2.29 bits per heavy atom. The van der Waals surface area contributed by atoms with Crippen molar-refractivity contribution in [1.29, 1.82) is 5.26 Å². The molecule has 0 aliphatic carbocycles. The third-order valence-corrected chi connectivity index (χ3v) is 4.60. The molecule has 1 amide bonds. The van der Waals surface area contributed by atoms with Crippen LogP contribution in [-0.2, 0) is 0 Å². The predicted octanol–water partition coefficient (Wildman–Crippen LogP) is 1.43. The Bertz CT molecular complexity index is 757. The van der Waals surface area contributed by atoms with E-state index < -0.39 is 0 Å². The minimum atomic E-state index is -0.0385. The average Bonchev–Trinajstić information content (AvgIpc) is 3.20. The van der Waals surface area contributed by atoms with Crippen LogP contribution in [0.2, 0.25) is 0 Å². The van der Waals surface area contributed by atoms with Gasteiger partial charge >= 0.3 is 0 Å². The van der Waals surface area contributed by atoms with E-state index in [-0.39, 0.29) is 11.9 Å². The molecule has 4 rings (SSSR count). The minimum absolute atomic E-state index is 0.0385. The highest BCUT2D eigenvalue weighted by molar-refractivity contribution is 5.94. The number of fused-ring (bicyclic) bond motifs is 3. The first kappa shape index (κ1) is 12.4. The van der Waals surface area contributed by atoms with Crippen LogP contribution in [0.5, 0.6) is 0 Å². The number of carbonyl (C=O) groups excluding carboxylic acids is 1. The van der Waals surface area contributed by atoms with Crippen molar-refractivity contribution in [2.45, 2.75) is 37.4 Å². The molecule has 2 fully saturated rings. The molecule has 5 nitrogen and oxygen atoms in total. The number of hydrogen-bond acceptors (Lipinski definition) is 3. The zero-order chi connectivity index (χ0) is 14.4. The molecule has 2 aromatic rings. The van der Waals surface area contributed by atoms with E-state index in [0.29, 0.717) is 23.2 Å². The molecule has 0 spiro atoms. The van der Waals surface area contributed by atoms with Gasteiger partial charge in [-0.25, -0.2) is 0 Å². The molecule has 2 saturated heterocycles. The van der Waals surface area contributed by atoms with Crippen LogP contribution < -0.4 is 10.6 Å². The van der Waals surface area contributed by atoms with Crippen molar-refractivity contribution in [2.75, 3.05) is 0 Å². The second-order valence-corrected chi connectivity index (χ2v) is 5.95. The first-order valence-corrected chi connectivity index (χ1v) is 7.32. The van der Waals surface area contributed by atoms with E-state index in [1.807, 2.05) is 22.6 Å². The van der Waals surface area contributed by atoms with Crippen molar-refractivity contribution in [3.8, 4) is 6.07 Å². The highest BCUT2D eigenvalue weighted by Gasteiger charge is 2.39. The number of nitrogens with one attached hydrogen (secondary N) is 2. The molecular weight excluding hydrogens is 264 g/mol. The molecule has 0 unspecified atom stereocenters. The Kier molecular flexibility index (Phi) is 2.72. The topological polar surface area (TPSA) is 69.3 Å². The van der Waals surface area contributed by atoms with E-state index in [9.17, 15) is 4.79 Å². The second kappa shape index (κ2) is 4.61. The summed E-state index contributed by atoms with van der Waals surface area (Å²) in [6.45, 7) is 0. The summed E-state index contributed by atoms with van der Waals surface area (Å²) in [6.07, 6.45) is 6.93. The zero-order valence-corrected chi connectivity index (χ0v) is 11.5. The molecule has 2 aromatic heterocycles.